The van der Waals surface area contributed by atoms with Crippen LogP contribution in [-0.4, -0.2) is 21.9 Å². The molecule has 4 rings (SSSR count). The van der Waals surface area contributed by atoms with Gasteiger partial charge < -0.3 is 9.47 Å². The van der Waals surface area contributed by atoms with E-state index in [1.54, 1.807) is 17.0 Å². The van der Waals surface area contributed by atoms with E-state index in [1.807, 2.05) is 22.9 Å². The van der Waals surface area contributed by atoms with Crippen molar-refractivity contribution in [3.05, 3.63) is 94.6 Å². The van der Waals surface area contributed by atoms with Crippen molar-refractivity contribution in [1.82, 2.24) is 9.47 Å². The van der Waals surface area contributed by atoms with E-state index in [4.69, 9.17) is 0 Å². The minimum Gasteiger partial charge on any atom is -0.348 e. The fraction of sp³-hybridized carbons (Fsp3) is 0.227. The van der Waals surface area contributed by atoms with Crippen molar-refractivity contribution >= 4 is 5.91 Å². The normalized spacial score (nSPS) is 16.6. The molecule has 3 aromatic rings. The van der Waals surface area contributed by atoms with Crippen LogP contribution in [0, 0.1) is 12.7 Å². The standard InChI is InChI=1S/C22H18F4N2O/c1-14-4-5-16(13-18(14)22(24,25)26)21(29)28-12-11-27-10-2-3-19(27)20(28)15-6-8-17(23)9-7-15/h2-10,13,20H,11-12H2,1H3/t20-/m1/s1. The van der Waals surface area contributed by atoms with Gasteiger partial charge in [-0.1, -0.05) is 18.2 Å². The van der Waals surface area contributed by atoms with Crippen molar-refractivity contribution in [2.45, 2.75) is 25.7 Å². The van der Waals surface area contributed by atoms with Gasteiger partial charge in [-0.2, -0.15) is 13.2 Å². The predicted octanol–water partition coefficient (Wildman–Crippen LogP) is 5.20. The number of benzene rings is 2. The van der Waals surface area contributed by atoms with Crippen LogP contribution in [0.1, 0.15) is 38.8 Å². The molecule has 1 aromatic heterocycles. The quantitative estimate of drug-likeness (QED) is 0.541. The number of carbonyl (C=O) groups excluding carboxylic acids is 1. The van der Waals surface area contributed by atoms with Crippen molar-refractivity contribution in [2.75, 3.05) is 6.54 Å². The molecule has 2 heterocycles. The Kier molecular flexibility index (Phi) is 4.68. The number of nitrogens with zero attached hydrogens (tertiary/aromatic N) is 2. The third-order valence-electron chi connectivity index (χ3n) is 5.27. The minimum atomic E-state index is -4.53. The number of hydrogen-bond donors (Lipinski definition) is 0. The summed E-state index contributed by atoms with van der Waals surface area (Å²) in [5.74, 6) is -0.886. The predicted molar refractivity (Wildman–Crippen MR) is 99.9 cm³/mol. The maximum absolute atomic E-state index is 13.4. The molecule has 0 saturated heterocycles. The first kappa shape index (κ1) is 19.2. The van der Waals surface area contributed by atoms with E-state index in [1.165, 1.54) is 31.2 Å². The number of rotatable bonds is 2. The van der Waals surface area contributed by atoms with Crippen LogP contribution in [0.15, 0.2) is 60.8 Å². The summed E-state index contributed by atoms with van der Waals surface area (Å²) in [6.45, 7) is 2.23. The van der Waals surface area contributed by atoms with Gasteiger partial charge in [-0.3, -0.25) is 4.79 Å². The Bertz CT molecular complexity index is 1050. The van der Waals surface area contributed by atoms with Crippen molar-refractivity contribution < 1.29 is 22.4 Å². The SMILES string of the molecule is Cc1ccc(C(=O)N2CCn3cccc3[C@H]2c2ccc(F)cc2)cc1C(F)(F)F. The van der Waals surface area contributed by atoms with Gasteiger partial charge in [0.25, 0.3) is 5.91 Å². The molecule has 0 N–H and O–H groups in total. The van der Waals surface area contributed by atoms with Crippen molar-refractivity contribution in [3.8, 4) is 0 Å². The average molecular weight is 402 g/mol. The second kappa shape index (κ2) is 7.06. The number of fused-ring (bicyclic) bond motifs is 1. The Balaban J connectivity index is 1.77. The van der Waals surface area contributed by atoms with Crippen LogP contribution in [0.5, 0.6) is 0 Å². The van der Waals surface area contributed by atoms with Crippen LogP contribution >= 0.6 is 0 Å². The van der Waals surface area contributed by atoms with Gasteiger partial charge in [0, 0.05) is 30.5 Å². The summed E-state index contributed by atoms with van der Waals surface area (Å²) in [6, 6.07) is 12.7. The summed E-state index contributed by atoms with van der Waals surface area (Å²) >= 11 is 0. The molecule has 0 fully saturated rings. The summed E-state index contributed by atoms with van der Waals surface area (Å²) in [4.78, 5) is 14.8. The molecule has 1 aliphatic heterocycles. The van der Waals surface area contributed by atoms with E-state index >= 15 is 0 Å². The monoisotopic (exact) mass is 402 g/mol. The Morgan fingerprint density at radius 2 is 1.76 bits per heavy atom. The Morgan fingerprint density at radius 3 is 2.45 bits per heavy atom. The van der Waals surface area contributed by atoms with Gasteiger partial charge >= 0.3 is 6.18 Å². The van der Waals surface area contributed by atoms with Gasteiger partial charge in [0.05, 0.1) is 11.6 Å². The number of alkyl halides is 3. The molecule has 7 heteroatoms. The lowest BCUT2D eigenvalue weighted by molar-refractivity contribution is -0.138. The molecule has 0 bridgehead atoms. The lowest BCUT2D eigenvalue weighted by atomic mass is 9.97. The fourth-order valence-corrected chi connectivity index (χ4v) is 3.82. The molecular formula is C22H18F4N2O. The van der Waals surface area contributed by atoms with Gasteiger partial charge in [-0.05, 0) is 54.4 Å². The number of hydrogen-bond acceptors (Lipinski definition) is 1. The van der Waals surface area contributed by atoms with Gasteiger partial charge in [0.2, 0.25) is 0 Å². The van der Waals surface area contributed by atoms with Crippen LogP contribution in [0.25, 0.3) is 0 Å². The summed E-state index contributed by atoms with van der Waals surface area (Å²) < 4.78 is 55.3. The number of halogens is 4. The average Bonchev–Trinajstić information content (AvgIpc) is 3.16. The Morgan fingerprint density at radius 1 is 1.03 bits per heavy atom. The zero-order valence-electron chi connectivity index (χ0n) is 15.6. The Labute approximate surface area is 165 Å². The first-order valence-corrected chi connectivity index (χ1v) is 9.15. The van der Waals surface area contributed by atoms with E-state index in [0.29, 0.717) is 18.7 Å². The molecule has 0 aliphatic carbocycles. The summed E-state index contributed by atoms with van der Waals surface area (Å²) in [5.41, 5.74) is 0.760. The van der Waals surface area contributed by atoms with Crippen molar-refractivity contribution in [1.29, 1.82) is 0 Å². The fourth-order valence-electron chi connectivity index (χ4n) is 3.82. The van der Waals surface area contributed by atoms with E-state index < -0.39 is 29.5 Å². The smallest absolute Gasteiger partial charge is 0.348 e. The molecule has 150 valence electrons. The van der Waals surface area contributed by atoms with E-state index in [0.717, 1.165) is 11.8 Å². The highest BCUT2D eigenvalue weighted by Crippen LogP contribution is 2.36. The van der Waals surface area contributed by atoms with Crippen LogP contribution in [0.3, 0.4) is 0 Å². The summed E-state index contributed by atoms with van der Waals surface area (Å²) in [5, 5.41) is 0. The summed E-state index contributed by atoms with van der Waals surface area (Å²) in [7, 11) is 0. The molecule has 0 unspecified atom stereocenters. The van der Waals surface area contributed by atoms with E-state index in [9.17, 15) is 22.4 Å². The molecule has 0 radical (unpaired) electrons. The van der Waals surface area contributed by atoms with Crippen LogP contribution in [0.4, 0.5) is 17.6 Å². The van der Waals surface area contributed by atoms with Gasteiger partial charge in [0.1, 0.15) is 5.82 Å². The molecule has 1 aliphatic rings. The highest BCUT2D eigenvalue weighted by molar-refractivity contribution is 5.95. The molecule has 2 aromatic carbocycles. The molecule has 0 spiro atoms. The highest BCUT2D eigenvalue weighted by Gasteiger charge is 2.36. The summed E-state index contributed by atoms with van der Waals surface area (Å²) in [6.07, 6.45) is -2.64. The van der Waals surface area contributed by atoms with Gasteiger partial charge in [0.15, 0.2) is 0 Å². The maximum Gasteiger partial charge on any atom is 0.416 e. The number of amides is 1. The topological polar surface area (TPSA) is 25.2 Å². The van der Waals surface area contributed by atoms with Gasteiger partial charge in [-0.15, -0.1) is 0 Å². The molecule has 0 saturated carbocycles. The third-order valence-corrected chi connectivity index (χ3v) is 5.27. The molecular weight excluding hydrogens is 384 g/mol. The van der Waals surface area contributed by atoms with Gasteiger partial charge in [-0.25, -0.2) is 4.39 Å². The first-order valence-electron chi connectivity index (χ1n) is 9.15. The number of aryl methyl sites for hydroxylation is 1. The minimum absolute atomic E-state index is 0.0185. The maximum atomic E-state index is 13.4. The van der Waals surface area contributed by atoms with Crippen LogP contribution in [-0.2, 0) is 12.7 Å². The third kappa shape index (κ3) is 3.52. The molecule has 29 heavy (non-hydrogen) atoms. The van der Waals surface area contributed by atoms with E-state index in [2.05, 4.69) is 0 Å². The second-order valence-corrected chi connectivity index (χ2v) is 7.11. The van der Waals surface area contributed by atoms with Crippen molar-refractivity contribution in [3.63, 3.8) is 0 Å². The molecule has 1 amide bonds. The second-order valence-electron chi connectivity index (χ2n) is 7.11. The molecule has 3 nitrogen and oxygen atoms in total. The van der Waals surface area contributed by atoms with Crippen LogP contribution in [0.2, 0.25) is 0 Å². The Hall–Kier alpha value is -3.09. The largest absolute Gasteiger partial charge is 0.416 e. The zero-order valence-corrected chi connectivity index (χ0v) is 15.6. The van der Waals surface area contributed by atoms with Crippen LogP contribution < -0.4 is 0 Å². The lowest BCUT2D eigenvalue weighted by Crippen LogP contribution is -2.42. The zero-order chi connectivity index (χ0) is 20.8. The lowest BCUT2D eigenvalue weighted by Gasteiger charge is -2.37. The van der Waals surface area contributed by atoms with Crippen molar-refractivity contribution in [2.24, 2.45) is 0 Å². The molecule has 1 atom stereocenters. The van der Waals surface area contributed by atoms with E-state index in [-0.39, 0.29) is 11.1 Å². The highest BCUT2D eigenvalue weighted by atomic mass is 19.4. The number of aromatic nitrogens is 1. The number of carbonyl (C=O) groups is 1. The first-order chi connectivity index (χ1) is 13.8.